The van der Waals surface area contributed by atoms with Gasteiger partial charge in [-0.1, -0.05) is 0 Å². The average molecular weight is 292 g/mol. The number of rotatable bonds is 7. The van der Waals surface area contributed by atoms with Gasteiger partial charge in [0.05, 0.1) is 18.1 Å². The summed E-state index contributed by atoms with van der Waals surface area (Å²) < 4.78 is 25.1. The lowest BCUT2D eigenvalue weighted by atomic mass is 10.3. The molecule has 1 rings (SSSR count). The molecule has 0 spiro atoms. The van der Waals surface area contributed by atoms with Crippen LogP contribution >= 0.6 is 0 Å². The molecule has 20 heavy (non-hydrogen) atoms. The number of hydrogen-bond donors (Lipinski definition) is 3. The van der Waals surface area contributed by atoms with Crippen LogP contribution in [-0.4, -0.2) is 46.1 Å². The van der Waals surface area contributed by atoms with Crippen LogP contribution in [0.15, 0.2) is 0 Å². The summed E-state index contributed by atoms with van der Waals surface area (Å²) in [5, 5.41) is 19.9. The number of nitrogens with two attached hydrogens (primary N) is 1. The Morgan fingerprint density at radius 1 is 1.55 bits per heavy atom. The van der Waals surface area contributed by atoms with Gasteiger partial charge in [-0.15, -0.1) is 0 Å². The number of anilines is 2. The van der Waals surface area contributed by atoms with Gasteiger partial charge in [-0.3, -0.25) is 15.5 Å². The van der Waals surface area contributed by atoms with Crippen LogP contribution in [-0.2, 0) is 0 Å². The maximum Gasteiger partial charge on any atom is 0.332 e. The highest BCUT2D eigenvalue weighted by atomic mass is 19.3. The monoisotopic (exact) mass is 292 g/mol. The molecule has 0 saturated carbocycles. The molecule has 0 fully saturated rings. The van der Waals surface area contributed by atoms with Crippen LogP contribution in [0.1, 0.15) is 5.69 Å². The Morgan fingerprint density at radius 2 is 2.20 bits per heavy atom. The van der Waals surface area contributed by atoms with E-state index in [1.54, 1.807) is 0 Å². The number of hydrogen-bond acceptors (Lipinski definition) is 8. The van der Waals surface area contributed by atoms with Crippen LogP contribution in [0.4, 0.5) is 26.2 Å². The third kappa shape index (κ3) is 3.68. The van der Waals surface area contributed by atoms with Crippen molar-refractivity contribution < 1.29 is 18.8 Å². The second-order valence-electron chi connectivity index (χ2n) is 3.77. The SMILES string of the molecule is Cc1nc(NN)nc(N(CCO)CC(F)F)c1[N+](=O)[O-]. The van der Waals surface area contributed by atoms with E-state index in [1.807, 2.05) is 0 Å². The van der Waals surface area contributed by atoms with Gasteiger partial charge >= 0.3 is 5.69 Å². The molecule has 112 valence electrons. The van der Waals surface area contributed by atoms with Crippen LogP contribution in [0.25, 0.3) is 0 Å². The Morgan fingerprint density at radius 3 is 2.65 bits per heavy atom. The zero-order chi connectivity index (χ0) is 15.3. The van der Waals surface area contributed by atoms with E-state index in [9.17, 15) is 18.9 Å². The summed E-state index contributed by atoms with van der Waals surface area (Å²) in [5.74, 6) is 4.67. The number of nitrogens with one attached hydrogen (secondary N) is 1. The van der Waals surface area contributed by atoms with Crippen molar-refractivity contribution in [3.8, 4) is 0 Å². The van der Waals surface area contributed by atoms with Gasteiger partial charge in [0.15, 0.2) is 0 Å². The molecular formula is C9H14F2N6O3. The van der Waals surface area contributed by atoms with E-state index < -0.39 is 30.2 Å². The molecule has 1 aromatic rings. The molecule has 0 radical (unpaired) electrons. The van der Waals surface area contributed by atoms with Gasteiger partial charge in [-0.05, 0) is 6.92 Å². The van der Waals surface area contributed by atoms with Crippen molar-refractivity contribution in [2.75, 3.05) is 30.0 Å². The summed E-state index contributed by atoms with van der Waals surface area (Å²) in [6.07, 6.45) is -2.74. The van der Waals surface area contributed by atoms with Crippen molar-refractivity contribution in [1.82, 2.24) is 9.97 Å². The minimum Gasteiger partial charge on any atom is -0.395 e. The quantitative estimate of drug-likeness (QED) is 0.365. The van der Waals surface area contributed by atoms with Gasteiger partial charge in [0.1, 0.15) is 5.69 Å². The van der Waals surface area contributed by atoms with Crippen molar-refractivity contribution in [3.05, 3.63) is 15.8 Å². The summed E-state index contributed by atoms with van der Waals surface area (Å²) in [4.78, 5) is 18.7. The first-order valence-corrected chi connectivity index (χ1v) is 5.54. The van der Waals surface area contributed by atoms with Crippen LogP contribution in [0.5, 0.6) is 0 Å². The fourth-order valence-corrected chi connectivity index (χ4v) is 1.62. The maximum atomic E-state index is 12.5. The maximum absolute atomic E-state index is 12.5. The third-order valence-electron chi connectivity index (χ3n) is 2.38. The Bertz CT molecular complexity index is 487. The molecule has 0 saturated heterocycles. The largest absolute Gasteiger partial charge is 0.395 e. The number of aliphatic hydroxyl groups excluding tert-OH is 1. The third-order valence-corrected chi connectivity index (χ3v) is 2.38. The number of halogens is 2. The van der Waals surface area contributed by atoms with Crippen LogP contribution in [0.2, 0.25) is 0 Å². The molecule has 1 heterocycles. The lowest BCUT2D eigenvalue weighted by Crippen LogP contribution is -2.33. The lowest BCUT2D eigenvalue weighted by Gasteiger charge is -2.22. The summed E-state index contributed by atoms with van der Waals surface area (Å²) in [7, 11) is 0. The van der Waals surface area contributed by atoms with Gasteiger partial charge in [-0.25, -0.2) is 19.6 Å². The molecule has 0 aliphatic rings. The highest BCUT2D eigenvalue weighted by Gasteiger charge is 2.27. The molecule has 1 aromatic heterocycles. The minimum absolute atomic E-state index is 0.0230. The Kier molecular flexibility index (Phi) is 5.46. The molecular weight excluding hydrogens is 278 g/mol. The number of nitrogen functional groups attached to an aromatic ring is 1. The Labute approximate surface area is 112 Å². The van der Waals surface area contributed by atoms with E-state index in [-0.39, 0.29) is 24.0 Å². The highest BCUT2D eigenvalue weighted by Crippen LogP contribution is 2.29. The summed E-state index contributed by atoms with van der Waals surface area (Å²) in [6.45, 7) is -0.157. The number of aryl methyl sites for hydroxylation is 1. The number of aromatic nitrogens is 2. The Hall–Kier alpha value is -2.14. The molecule has 9 nitrogen and oxygen atoms in total. The molecule has 0 amide bonds. The summed E-state index contributed by atoms with van der Waals surface area (Å²) >= 11 is 0. The van der Waals surface area contributed by atoms with E-state index in [0.29, 0.717) is 0 Å². The van der Waals surface area contributed by atoms with Gasteiger partial charge < -0.3 is 10.0 Å². The predicted molar refractivity (Wildman–Crippen MR) is 66.5 cm³/mol. The van der Waals surface area contributed by atoms with E-state index >= 15 is 0 Å². The van der Waals surface area contributed by atoms with Crippen molar-refractivity contribution in [1.29, 1.82) is 0 Å². The van der Waals surface area contributed by atoms with Gasteiger partial charge in [0.2, 0.25) is 11.8 Å². The van der Waals surface area contributed by atoms with Crippen molar-refractivity contribution in [3.63, 3.8) is 0 Å². The lowest BCUT2D eigenvalue weighted by molar-refractivity contribution is -0.385. The molecule has 0 aromatic carbocycles. The molecule has 4 N–H and O–H groups in total. The van der Waals surface area contributed by atoms with E-state index in [0.717, 1.165) is 4.90 Å². The van der Waals surface area contributed by atoms with Gasteiger partial charge in [0.25, 0.3) is 6.43 Å². The van der Waals surface area contributed by atoms with Crippen molar-refractivity contribution in [2.24, 2.45) is 5.84 Å². The topological polar surface area (TPSA) is 130 Å². The van der Waals surface area contributed by atoms with E-state index in [2.05, 4.69) is 15.4 Å². The normalized spacial score (nSPS) is 10.7. The molecule has 0 aliphatic heterocycles. The van der Waals surface area contributed by atoms with Crippen molar-refractivity contribution >= 4 is 17.5 Å². The fourth-order valence-electron chi connectivity index (χ4n) is 1.62. The average Bonchev–Trinajstić information content (AvgIpc) is 2.36. The number of alkyl halides is 2. The first kappa shape index (κ1) is 15.9. The van der Waals surface area contributed by atoms with Crippen LogP contribution in [0, 0.1) is 17.0 Å². The number of hydrazine groups is 1. The summed E-state index contributed by atoms with van der Waals surface area (Å²) in [5.41, 5.74) is 1.58. The molecule has 11 heteroatoms. The highest BCUT2D eigenvalue weighted by molar-refractivity contribution is 5.62. The first-order valence-electron chi connectivity index (χ1n) is 5.54. The van der Waals surface area contributed by atoms with E-state index in [1.165, 1.54) is 6.92 Å². The zero-order valence-electron chi connectivity index (χ0n) is 10.6. The van der Waals surface area contributed by atoms with E-state index in [4.69, 9.17) is 10.9 Å². The molecule has 0 bridgehead atoms. The second kappa shape index (κ2) is 6.86. The zero-order valence-corrected chi connectivity index (χ0v) is 10.6. The standard InChI is InChI=1S/C9H14F2N6O3/c1-5-7(17(19)20)8(14-9(13-5)15-12)16(2-3-18)4-6(10)11/h6,18H,2-4,12H2,1H3,(H,13,14,15). The fraction of sp³-hybridized carbons (Fsp3) is 0.556. The van der Waals surface area contributed by atoms with Crippen molar-refractivity contribution in [2.45, 2.75) is 13.3 Å². The minimum atomic E-state index is -2.74. The summed E-state index contributed by atoms with van der Waals surface area (Å²) in [6, 6.07) is 0. The van der Waals surface area contributed by atoms with Crippen LogP contribution < -0.4 is 16.2 Å². The molecule has 0 aliphatic carbocycles. The predicted octanol–water partition coefficient (Wildman–Crippen LogP) is 0.0426. The number of aliphatic hydroxyl groups is 1. The van der Waals surface area contributed by atoms with Gasteiger partial charge in [0, 0.05) is 6.54 Å². The smallest absolute Gasteiger partial charge is 0.332 e. The molecule has 0 atom stereocenters. The second-order valence-corrected chi connectivity index (χ2v) is 3.77. The number of nitro groups is 1. The van der Waals surface area contributed by atoms with Crippen LogP contribution in [0.3, 0.4) is 0 Å². The molecule has 0 unspecified atom stereocenters. The number of nitrogens with zero attached hydrogens (tertiary/aromatic N) is 4. The first-order chi connectivity index (χ1) is 9.40. The Balaban J connectivity index is 3.35. The van der Waals surface area contributed by atoms with Gasteiger partial charge in [-0.2, -0.15) is 4.98 Å².